The number of thioether (sulfide) groups is 1. The van der Waals surface area contributed by atoms with Gasteiger partial charge < -0.3 is 4.74 Å². The minimum absolute atomic E-state index is 0.207. The van der Waals surface area contributed by atoms with Gasteiger partial charge in [-0.2, -0.15) is 0 Å². The third-order valence-electron chi connectivity index (χ3n) is 4.76. The third kappa shape index (κ3) is 6.05. The fourth-order valence-electron chi connectivity index (χ4n) is 3.07. The van der Waals surface area contributed by atoms with Crippen molar-refractivity contribution in [2.75, 3.05) is 0 Å². The van der Waals surface area contributed by atoms with Gasteiger partial charge in [0, 0.05) is 5.02 Å². The van der Waals surface area contributed by atoms with Gasteiger partial charge in [-0.25, -0.2) is 0 Å². The van der Waals surface area contributed by atoms with Crippen molar-refractivity contribution in [3.8, 4) is 5.75 Å². The Morgan fingerprint density at radius 1 is 0.909 bits per heavy atom. The quantitative estimate of drug-likeness (QED) is 0.204. The molecule has 0 aliphatic carbocycles. The standard InChI is InChI=1S/C24H15Cl3INO3S/c25-17-5-1-14(2-6-17)12-29-23(30)22(33-24(29)31)11-15-4-8-21(20(28)10-15)32-13-16-3-7-18(26)19(27)9-16/h1-11H,12-13H2/b22-11-. The molecule has 1 heterocycles. The summed E-state index contributed by atoms with van der Waals surface area (Å²) >= 11 is 21.0. The molecule has 0 saturated carbocycles. The molecule has 0 bridgehead atoms. The van der Waals surface area contributed by atoms with E-state index in [2.05, 4.69) is 22.6 Å². The minimum Gasteiger partial charge on any atom is -0.488 e. The molecule has 1 fully saturated rings. The fraction of sp³-hybridized carbons (Fsp3) is 0.0833. The number of carbonyl (C=O) groups excluding carboxylic acids is 2. The van der Waals surface area contributed by atoms with Gasteiger partial charge in [0.05, 0.1) is 25.1 Å². The Morgan fingerprint density at radius 3 is 2.33 bits per heavy atom. The molecule has 0 radical (unpaired) electrons. The molecule has 4 rings (SSSR count). The van der Waals surface area contributed by atoms with E-state index in [-0.39, 0.29) is 17.7 Å². The number of ether oxygens (including phenoxy) is 1. The third-order valence-corrected chi connectivity index (χ3v) is 7.50. The van der Waals surface area contributed by atoms with Gasteiger partial charge >= 0.3 is 0 Å². The van der Waals surface area contributed by atoms with Crippen LogP contribution in [0.15, 0.2) is 65.6 Å². The maximum Gasteiger partial charge on any atom is 0.293 e. The van der Waals surface area contributed by atoms with E-state index >= 15 is 0 Å². The summed E-state index contributed by atoms with van der Waals surface area (Å²) in [6.07, 6.45) is 1.72. The molecular weight excluding hydrogens is 616 g/mol. The van der Waals surface area contributed by atoms with E-state index in [1.807, 2.05) is 24.3 Å². The monoisotopic (exact) mass is 629 g/mol. The summed E-state index contributed by atoms with van der Waals surface area (Å²) in [7, 11) is 0. The second-order valence-electron chi connectivity index (χ2n) is 7.12. The molecule has 0 N–H and O–H groups in total. The lowest BCUT2D eigenvalue weighted by Crippen LogP contribution is -2.27. The maximum absolute atomic E-state index is 12.8. The highest BCUT2D eigenvalue weighted by Crippen LogP contribution is 2.34. The Hall–Kier alpha value is -1.71. The van der Waals surface area contributed by atoms with E-state index in [1.165, 1.54) is 4.90 Å². The zero-order chi connectivity index (χ0) is 23.5. The van der Waals surface area contributed by atoms with Crippen molar-refractivity contribution < 1.29 is 14.3 Å². The predicted molar refractivity (Wildman–Crippen MR) is 143 cm³/mol. The van der Waals surface area contributed by atoms with Crippen LogP contribution in [0, 0.1) is 3.57 Å². The Balaban J connectivity index is 1.44. The zero-order valence-electron chi connectivity index (χ0n) is 16.9. The van der Waals surface area contributed by atoms with Crippen LogP contribution in [0.25, 0.3) is 6.08 Å². The van der Waals surface area contributed by atoms with Crippen LogP contribution in [0.2, 0.25) is 15.1 Å². The van der Waals surface area contributed by atoms with Crippen LogP contribution >= 0.6 is 69.2 Å². The molecule has 0 spiro atoms. The summed E-state index contributed by atoms with van der Waals surface area (Å²) in [6.45, 7) is 0.550. The first-order valence-electron chi connectivity index (χ1n) is 9.66. The van der Waals surface area contributed by atoms with E-state index in [1.54, 1.807) is 42.5 Å². The maximum atomic E-state index is 12.8. The SMILES string of the molecule is O=C1S/C(=C\c2ccc(OCc3ccc(Cl)c(Cl)c3)c(I)c2)C(=O)N1Cc1ccc(Cl)cc1. The number of hydrogen-bond acceptors (Lipinski definition) is 4. The van der Waals surface area contributed by atoms with Crippen molar-refractivity contribution in [3.05, 3.63) is 101 Å². The lowest BCUT2D eigenvalue weighted by Gasteiger charge is -2.12. The summed E-state index contributed by atoms with van der Waals surface area (Å²) in [6, 6.07) is 18.0. The van der Waals surface area contributed by atoms with Crippen LogP contribution in [0.5, 0.6) is 5.75 Å². The van der Waals surface area contributed by atoms with Gasteiger partial charge in [-0.1, -0.05) is 59.1 Å². The number of amides is 2. The second-order valence-corrected chi connectivity index (χ2v) is 10.5. The highest BCUT2D eigenvalue weighted by atomic mass is 127. The normalized spacial score (nSPS) is 14.9. The number of rotatable bonds is 6. The Bertz CT molecular complexity index is 1260. The topological polar surface area (TPSA) is 46.6 Å². The van der Waals surface area contributed by atoms with E-state index in [4.69, 9.17) is 39.5 Å². The summed E-state index contributed by atoms with van der Waals surface area (Å²) < 4.78 is 6.78. The average molecular weight is 631 g/mol. The molecule has 1 saturated heterocycles. The first-order valence-corrected chi connectivity index (χ1v) is 12.7. The molecule has 0 atom stereocenters. The van der Waals surface area contributed by atoms with Crippen molar-refractivity contribution in [2.45, 2.75) is 13.2 Å². The van der Waals surface area contributed by atoms with Crippen LogP contribution in [0.3, 0.4) is 0 Å². The van der Waals surface area contributed by atoms with E-state index in [9.17, 15) is 9.59 Å². The van der Waals surface area contributed by atoms with E-state index < -0.39 is 0 Å². The number of carbonyl (C=O) groups is 2. The zero-order valence-corrected chi connectivity index (χ0v) is 22.1. The molecule has 168 valence electrons. The number of hydrogen-bond donors (Lipinski definition) is 0. The van der Waals surface area contributed by atoms with Gasteiger partial charge in [0.25, 0.3) is 11.1 Å². The number of benzene rings is 3. The predicted octanol–water partition coefficient (Wildman–Crippen LogP) is 8.07. The molecule has 33 heavy (non-hydrogen) atoms. The number of imide groups is 1. The second kappa shape index (κ2) is 10.7. The smallest absolute Gasteiger partial charge is 0.293 e. The van der Waals surface area contributed by atoms with Crippen molar-refractivity contribution in [1.82, 2.24) is 4.90 Å². The molecule has 0 aromatic heterocycles. The van der Waals surface area contributed by atoms with Gasteiger partial charge in [0.1, 0.15) is 12.4 Å². The molecular formula is C24H15Cl3INO3S. The lowest BCUT2D eigenvalue weighted by atomic mass is 10.2. The molecule has 0 unspecified atom stereocenters. The van der Waals surface area contributed by atoms with Crippen LogP contribution in [-0.2, 0) is 17.9 Å². The van der Waals surface area contributed by atoms with Crippen LogP contribution in [-0.4, -0.2) is 16.0 Å². The Labute approximate surface area is 224 Å². The minimum atomic E-state index is -0.310. The lowest BCUT2D eigenvalue weighted by molar-refractivity contribution is -0.123. The van der Waals surface area contributed by atoms with Crippen molar-refractivity contribution in [3.63, 3.8) is 0 Å². The molecule has 1 aliphatic heterocycles. The van der Waals surface area contributed by atoms with Gasteiger partial charge in [-0.3, -0.25) is 14.5 Å². The largest absolute Gasteiger partial charge is 0.488 e. The Morgan fingerprint density at radius 2 is 1.64 bits per heavy atom. The van der Waals surface area contributed by atoms with E-state index in [0.29, 0.717) is 32.3 Å². The van der Waals surface area contributed by atoms with Crippen molar-refractivity contribution in [2.24, 2.45) is 0 Å². The fourth-order valence-corrected chi connectivity index (χ4v) is 5.05. The highest BCUT2D eigenvalue weighted by Gasteiger charge is 2.35. The summed E-state index contributed by atoms with van der Waals surface area (Å²) in [5.41, 5.74) is 2.54. The Kier molecular flexibility index (Phi) is 7.91. The van der Waals surface area contributed by atoms with Gasteiger partial charge in [-0.15, -0.1) is 0 Å². The van der Waals surface area contributed by atoms with Crippen LogP contribution in [0.1, 0.15) is 16.7 Å². The number of halogens is 4. The highest BCUT2D eigenvalue weighted by molar-refractivity contribution is 14.1. The average Bonchev–Trinajstić information content (AvgIpc) is 3.04. The van der Waals surface area contributed by atoms with Crippen LogP contribution < -0.4 is 4.74 Å². The van der Waals surface area contributed by atoms with Crippen LogP contribution in [0.4, 0.5) is 4.79 Å². The summed E-state index contributed by atoms with van der Waals surface area (Å²) in [5, 5.41) is 1.29. The summed E-state index contributed by atoms with van der Waals surface area (Å²) in [4.78, 5) is 26.8. The van der Waals surface area contributed by atoms with Gasteiger partial charge in [-0.05, 0) is 93.5 Å². The van der Waals surface area contributed by atoms with Crippen molar-refractivity contribution in [1.29, 1.82) is 0 Å². The first-order chi connectivity index (χ1) is 15.8. The van der Waals surface area contributed by atoms with E-state index in [0.717, 1.165) is 32.0 Å². The van der Waals surface area contributed by atoms with Gasteiger partial charge in [0.2, 0.25) is 0 Å². The first kappa shape index (κ1) is 24.4. The molecule has 3 aromatic carbocycles. The van der Waals surface area contributed by atoms with Crippen molar-refractivity contribution >= 4 is 86.4 Å². The molecule has 9 heteroatoms. The molecule has 3 aromatic rings. The summed E-state index contributed by atoms with van der Waals surface area (Å²) in [5.74, 6) is 0.393. The molecule has 4 nitrogen and oxygen atoms in total. The van der Waals surface area contributed by atoms with Gasteiger partial charge in [0.15, 0.2) is 0 Å². The number of nitrogens with zero attached hydrogens (tertiary/aromatic N) is 1. The molecule has 1 aliphatic rings. The molecule has 2 amide bonds.